The molecule has 0 bridgehead atoms. The molecule has 3 aliphatic rings. The Balaban J connectivity index is 1.51. The standard InChI is InChI=1S/C12H21NO2/c1-2-11(1)13-8-10-3-5-15-12(7-10)4-6-14-9-12/h10-11,13H,1-9H2. The lowest BCUT2D eigenvalue weighted by Crippen LogP contribution is -2.43. The second kappa shape index (κ2) is 4.04. The van der Waals surface area contributed by atoms with Crippen LogP contribution in [0.25, 0.3) is 0 Å². The van der Waals surface area contributed by atoms with Gasteiger partial charge in [-0.1, -0.05) is 0 Å². The van der Waals surface area contributed by atoms with Crippen molar-refractivity contribution in [3.05, 3.63) is 0 Å². The van der Waals surface area contributed by atoms with E-state index in [4.69, 9.17) is 9.47 Å². The Morgan fingerprint density at radius 1 is 1.20 bits per heavy atom. The van der Waals surface area contributed by atoms with Gasteiger partial charge in [0.15, 0.2) is 0 Å². The molecule has 3 nitrogen and oxygen atoms in total. The predicted molar refractivity (Wildman–Crippen MR) is 57.9 cm³/mol. The molecule has 1 aliphatic carbocycles. The number of ether oxygens (including phenoxy) is 2. The van der Waals surface area contributed by atoms with Crippen LogP contribution in [0.5, 0.6) is 0 Å². The van der Waals surface area contributed by atoms with Gasteiger partial charge in [-0.2, -0.15) is 0 Å². The minimum absolute atomic E-state index is 0.0914. The van der Waals surface area contributed by atoms with Crippen molar-refractivity contribution in [3.63, 3.8) is 0 Å². The highest BCUT2D eigenvalue weighted by Gasteiger charge is 2.41. The van der Waals surface area contributed by atoms with Gasteiger partial charge in [-0.3, -0.25) is 0 Å². The van der Waals surface area contributed by atoms with Gasteiger partial charge < -0.3 is 14.8 Å². The van der Waals surface area contributed by atoms with E-state index in [2.05, 4.69) is 5.32 Å². The summed E-state index contributed by atoms with van der Waals surface area (Å²) in [4.78, 5) is 0. The van der Waals surface area contributed by atoms with E-state index < -0.39 is 0 Å². The molecule has 2 heterocycles. The lowest BCUT2D eigenvalue weighted by Gasteiger charge is -2.37. The molecular formula is C12H21NO2. The molecule has 1 saturated carbocycles. The fourth-order valence-electron chi connectivity index (χ4n) is 2.79. The fraction of sp³-hybridized carbons (Fsp3) is 1.00. The van der Waals surface area contributed by atoms with Gasteiger partial charge in [-0.25, -0.2) is 0 Å². The Hall–Kier alpha value is -0.120. The van der Waals surface area contributed by atoms with E-state index in [0.717, 1.165) is 38.2 Å². The summed E-state index contributed by atoms with van der Waals surface area (Å²) in [6.07, 6.45) is 6.30. The van der Waals surface area contributed by atoms with Crippen molar-refractivity contribution in [1.29, 1.82) is 0 Å². The topological polar surface area (TPSA) is 30.5 Å². The van der Waals surface area contributed by atoms with E-state index >= 15 is 0 Å². The maximum absolute atomic E-state index is 5.93. The second-order valence-electron chi connectivity index (χ2n) is 5.38. The van der Waals surface area contributed by atoms with E-state index in [1.54, 1.807) is 0 Å². The summed E-state index contributed by atoms with van der Waals surface area (Å²) >= 11 is 0. The number of nitrogens with one attached hydrogen (secondary N) is 1. The zero-order valence-electron chi connectivity index (χ0n) is 9.34. The molecule has 0 amide bonds. The Morgan fingerprint density at radius 3 is 2.87 bits per heavy atom. The van der Waals surface area contributed by atoms with Crippen LogP contribution < -0.4 is 5.32 Å². The van der Waals surface area contributed by atoms with Crippen molar-refractivity contribution < 1.29 is 9.47 Å². The lowest BCUT2D eigenvalue weighted by atomic mass is 9.85. The van der Waals surface area contributed by atoms with Crippen LogP contribution in [-0.2, 0) is 9.47 Å². The van der Waals surface area contributed by atoms with Crippen LogP contribution in [-0.4, -0.2) is 38.0 Å². The minimum atomic E-state index is 0.0914. The first-order valence-electron chi connectivity index (χ1n) is 6.31. The third kappa shape index (κ3) is 2.35. The Labute approximate surface area is 91.5 Å². The molecule has 0 radical (unpaired) electrons. The van der Waals surface area contributed by atoms with Crippen LogP contribution in [0.4, 0.5) is 0 Å². The smallest absolute Gasteiger partial charge is 0.0939 e. The van der Waals surface area contributed by atoms with Crippen LogP contribution in [0.3, 0.4) is 0 Å². The maximum Gasteiger partial charge on any atom is 0.0939 e. The number of hydrogen-bond donors (Lipinski definition) is 1. The van der Waals surface area contributed by atoms with Gasteiger partial charge in [0.1, 0.15) is 0 Å². The van der Waals surface area contributed by atoms with Crippen molar-refractivity contribution >= 4 is 0 Å². The van der Waals surface area contributed by atoms with Crippen molar-refractivity contribution in [2.75, 3.05) is 26.4 Å². The predicted octanol–water partition coefficient (Wildman–Crippen LogP) is 1.32. The van der Waals surface area contributed by atoms with E-state index in [9.17, 15) is 0 Å². The van der Waals surface area contributed by atoms with E-state index in [1.807, 2.05) is 0 Å². The highest BCUT2D eigenvalue weighted by Crippen LogP contribution is 2.35. The molecule has 15 heavy (non-hydrogen) atoms. The van der Waals surface area contributed by atoms with Crippen molar-refractivity contribution in [3.8, 4) is 0 Å². The summed E-state index contributed by atoms with van der Waals surface area (Å²) in [5.41, 5.74) is 0.0914. The third-order valence-electron chi connectivity index (χ3n) is 3.93. The van der Waals surface area contributed by atoms with Gasteiger partial charge >= 0.3 is 0 Å². The third-order valence-corrected chi connectivity index (χ3v) is 3.93. The Bertz CT molecular complexity index is 222. The van der Waals surface area contributed by atoms with E-state index in [0.29, 0.717) is 0 Å². The summed E-state index contributed by atoms with van der Waals surface area (Å²) in [5.74, 6) is 0.807. The van der Waals surface area contributed by atoms with Gasteiger partial charge in [0.05, 0.1) is 12.2 Å². The number of hydrogen-bond acceptors (Lipinski definition) is 3. The largest absolute Gasteiger partial charge is 0.378 e. The van der Waals surface area contributed by atoms with Crippen molar-refractivity contribution in [1.82, 2.24) is 5.32 Å². The molecule has 2 aliphatic heterocycles. The van der Waals surface area contributed by atoms with Gasteiger partial charge in [-0.15, -0.1) is 0 Å². The Kier molecular flexibility index (Phi) is 2.71. The van der Waals surface area contributed by atoms with Crippen LogP contribution >= 0.6 is 0 Å². The zero-order valence-corrected chi connectivity index (χ0v) is 9.34. The molecule has 1 N–H and O–H groups in total. The lowest BCUT2D eigenvalue weighted by molar-refractivity contribution is -0.0973. The van der Waals surface area contributed by atoms with E-state index in [1.165, 1.54) is 32.2 Å². The molecule has 3 rings (SSSR count). The quantitative estimate of drug-likeness (QED) is 0.764. The minimum Gasteiger partial charge on any atom is -0.378 e. The highest BCUT2D eigenvalue weighted by atomic mass is 16.6. The molecule has 1 spiro atoms. The normalized spacial score (nSPS) is 41.2. The van der Waals surface area contributed by atoms with Crippen LogP contribution in [0.2, 0.25) is 0 Å². The zero-order chi connectivity index (χ0) is 10.1. The molecule has 86 valence electrons. The summed E-state index contributed by atoms with van der Waals surface area (Å²) < 4.78 is 11.4. The number of rotatable bonds is 3. The first-order valence-corrected chi connectivity index (χ1v) is 6.31. The molecule has 2 unspecified atom stereocenters. The highest BCUT2D eigenvalue weighted by molar-refractivity contribution is 4.91. The summed E-state index contributed by atoms with van der Waals surface area (Å²) in [6.45, 7) is 3.84. The summed E-state index contributed by atoms with van der Waals surface area (Å²) in [5, 5.41) is 3.64. The molecule has 3 fully saturated rings. The summed E-state index contributed by atoms with van der Waals surface area (Å²) in [7, 11) is 0. The average molecular weight is 211 g/mol. The molecular weight excluding hydrogens is 190 g/mol. The van der Waals surface area contributed by atoms with Gasteiger partial charge in [-0.05, 0) is 38.1 Å². The first-order chi connectivity index (χ1) is 7.36. The Morgan fingerprint density at radius 2 is 2.13 bits per heavy atom. The van der Waals surface area contributed by atoms with Gasteiger partial charge in [0.25, 0.3) is 0 Å². The van der Waals surface area contributed by atoms with Crippen LogP contribution in [0.1, 0.15) is 32.1 Å². The maximum atomic E-state index is 5.93. The average Bonchev–Trinajstić information content (AvgIpc) is 2.99. The van der Waals surface area contributed by atoms with E-state index in [-0.39, 0.29) is 5.60 Å². The van der Waals surface area contributed by atoms with Gasteiger partial charge in [0.2, 0.25) is 0 Å². The molecule has 2 atom stereocenters. The van der Waals surface area contributed by atoms with Crippen molar-refractivity contribution in [2.45, 2.75) is 43.7 Å². The molecule has 3 heteroatoms. The monoisotopic (exact) mass is 211 g/mol. The molecule has 2 saturated heterocycles. The molecule has 0 aromatic heterocycles. The van der Waals surface area contributed by atoms with Gasteiger partial charge in [0, 0.05) is 25.7 Å². The van der Waals surface area contributed by atoms with Crippen molar-refractivity contribution in [2.24, 2.45) is 5.92 Å². The molecule has 0 aromatic rings. The summed E-state index contributed by atoms with van der Waals surface area (Å²) in [6, 6.07) is 0.837. The SMILES string of the molecule is C1CC2(CO1)CC(CNC1CC1)CCO2. The van der Waals surface area contributed by atoms with Crippen LogP contribution in [0.15, 0.2) is 0 Å². The fourth-order valence-corrected chi connectivity index (χ4v) is 2.79. The first kappa shape index (κ1) is 10.1. The molecule has 0 aromatic carbocycles. The van der Waals surface area contributed by atoms with Crippen LogP contribution in [0, 0.1) is 5.92 Å². The second-order valence-corrected chi connectivity index (χ2v) is 5.38.